The van der Waals surface area contributed by atoms with Crippen molar-refractivity contribution in [3.63, 3.8) is 0 Å². The number of rotatable bonds is 6. The minimum absolute atomic E-state index is 0.108. The molecule has 96 valence electrons. The molecule has 0 radical (unpaired) electrons. The van der Waals surface area contributed by atoms with Gasteiger partial charge in [-0.25, -0.2) is 0 Å². The van der Waals surface area contributed by atoms with Gasteiger partial charge in [0.25, 0.3) is 0 Å². The van der Waals surface area contributed by atoms with Crippen molar-refractivity contribution in [1.29, 1.82) is 5.26 Å². The molecule has 1 aliphatic carbocycles. The molecule has 1 rings (SSSR count). The van der Waals surface area contributed by atoms with Gasteiger partial charge in [0.2, 0.25) is 5.91 Å². The van der Waals surface area contributed by atoms with Gasteiger partial charge in [0.1, 0.15) is 0 Å². The molecule has 1 N–H and O–H groups in total. The zero-order valence-electron chi connectivity index (χ0n) is 10.9. The number of nitrogens with one attached hydrogen (secondary N) is 1. The molecule has 0 aromatic rings. The van der Waals surface area contributed by atoms with E-state index < -0.39 is 0 Å². The Morgan fingerprint density at radius 3 is 2.71 bits per heavy atom. The highest BCUT2D eigenvalue weighted by Gasteiger charge is 2.23. The number of hydrogen-bond acceptors (Lipinski definition) is 3. The molecule has 0 spiro atoms. The summed E-state index contributed by atoms with van der Waals surface area (Å²) in [7, 11) is 0. The first-order valence-electron chi connectivity index (χ1n) is 6.60. The normalized spacial score (nSPS) is 18.0. The van der Waals surface area contributed by atoms with Crippen molar-refractivity contribution in [1.82, 2.24) is 10.2 Å². The van der Waals surface area contributed by atoms with Crippen molar-refractivity contribution in [3.05, 3.63) is 0 Å². The van der Waals surface area contributed by atoms with Gasteiger partial charge in [-0.15, -0.1) is 0 Å². The maximum absolute atomic E-state index is 12.0. The first-order chi connectivity index (χ1) is 8.19. The summed E-state index contributed by atoms with van der Waals surface area (Å²) < 4.78 is 0. The average Bonchev–Trinajstić information content (AvgIpc) is 2.82. The third-order valence-corrected chi connectivity index (χ3v) is 3.55. The van der Waals surface area contributed by atoms with Gasteiger partial charge in [-0.1, -0.05) is 19.8 Å². The Morgan fingerprint density at radius 1 is 1.53 bits per heavy atom. The Morgan fingerprint density at radius 2 is 2.18 bits per heavy atom. The van der Waals surface area contributed by atoms with E-state index in [1.165, 1.54) is 12.8 Å². The van der Waals surface area contributed by atoms with E-state index in [1.807, 2.05) is 18.7 Å². The minimum Gasteiger partial charge on any atom is -0.352 e. The summed E-state index contributed by atoms with van der Waals surface area (Å²) in [5.74, 6) is 0.108. The minimum atomic E-state index is -0.131. The van der Waals surface area contributed by atoms with E-state index >= 15 is 0 Å². The number of carbonyl (C=O) groups excluding carboxylic acids is 1. The molecule has 0 heterocycles. The second-order valence-corrected chi connectivity index (χ2v) is 4.70. The van der Waals surface area contributed by atoms with Crippen molar-refractivity contribution >= 4 is 5.91 Å². The summed E-state index contributed by atoms with van der Waals surface area (Å²) in [5.41, 5.74) is 0. The molecule has 0 aliphatic heterocycles. The monoisotopic (exact) mass is 237 g/mol. The molecule has 1 atom stereocenters. The summed E-state index contributed by atoms with van der Waals surface area (Å²) in [5, 5.41) is 11.7. The van der Waals surface area contributed by atoms with Crippen molar-refractivity contribution in [3.8, 4) is 6.07 Å². The van der Waals surface area contributed by atoms with E-state index in [-0.39, 0.29) is 11.9 Å². The Bertz CT molecular complexity index is 279. The molecule has 0 aromatic carbocycles. The highest BCUT2D eigenvalue weighted by Crippen LogP contribution is 2.17. The van der Waals surface area contributed by atoms with E-state index in [0.29, 0.717) is 19.0 Å². The molecule has 1 unspecified atom stereocenters. The standard InChI is InChI=1S/C13H23N3O/c1-3-16(10-6-9-14)11(2)13(17)15-12-7-4-5-8-12/h11-12H,3-8,10H2,1-2H3,(H,15,17). The van der Waals surface area contributed by atoms with Crippen molar-refractivity contribution in [2.75, 3.05) is 13.1 Å². The quantitative estimate of drug-likeness (QED) is 0.764. The third kappa shape index (κ3) is 4.35. The lowest BCUT2D eigenvalue weighted by Gasteiger charge is -2.27. The van der Waals surface area contributed by atoms with Gasteiger partial charge >= 0.3 is 0 Å². The molecule has 17 heavy (non-hydrogen) atoms. The molecule has 0 saturated heterocycles. The smallest absolute Gasteiger partial charge is 0.237 e. The zero-order valence-corrected chi connectivity index (χ0v) is 10.9. The third-order valence-electron chi connectivity index (χ3n) is 3.55. The summed E-state index contributed by atoms with van der Waals surface area (Å²) in [6.45, 7) is 5.43. The molecule has 4 heteroatoms. The fourth-order valence-corrected chi connectivity index (χ4v) is 2.38. The van der Waals surface area contributed by atoms with Gasteiger partial charge in [0.05, 0.1) is 12.1 Å². The summed E-state index contributed by atoms with van der Waals surface area (Å²) >= 11 is 0. The average molecular weight is 237 g/mol. The lowest BCUT2D eigenvalue weighted by atomic mass is 10.2. The summed E-state index contributed by atoms with van der Waals surface area (Å²) in [6, 6.07) is 2.37. The number of nitriles is 1. The van der Waals surface area contributed by atoms with Crippen LogP contribution in [0.5, 0.6) is 0 Å². The number of amides is 1. The van der Waals surface area contributed by atoms with Crippen LogP contribution < -0.4 is 5.32 Å². The molecule has 1 aliphatic rings. The molecule has 1 fully saturated rings. The van der Waals surface area contributed by atoms with Crippen LogP contribution in [0.3, 0.4) is 0 Å². The lowest BCUT2D eigenvalue weighted by Crippen LogP contribution is -2.47. The fraction of sp³-hybridized carbons (Fsp3) is 0.846. The zero-order chi connectivity index (χ0) is 12.7. The predicted octanol–water partition coefficient (Wildman–Crippen LogP) is 1.67. The molecular formula is C13H23N3O. The van der Waals surface area contributed by atoms with E-state index in [2.05, 4.69) is 11.4 Å². The molecular weight excluding hydrogens is 214 g/mol. The maximum Gasteiger partial charge on any atom is 0.237 e. The molecule has 0 aromatic heterocycles. The van der Waals surface area contributed by atoms with Gasteiger partial charge in [-0.3, -0.25) is 9.69 Å². The largest absolute Gasteiger partial charge is 0.352 e. The van der Waals surface area contributed by atoms with Crippen LogP contribution in [0.15, 0.2) is 0 Å². The van der Waals surface area contributed by atoms with Gasteiger partial charge in [-0.2, -0.15) is 5.26 Å². The second kappa shape index (κ2) is 7.29. The Balaban J connectivity index is 2.39. The van der Waals surface area contributed by atoms with Gasteiger partial charge < -0.3 is 5.32 Å². The number of hydrogen-bond donors (Lipinski definition) is 1. The molecule has 1 saturated carbocycles. The topological polar surface area (TPSA) is 56.1 Å². The number of likely N-dealkylation sites (N-methyl/N-ethyl adjacent to an activating group) is 1. The maximum atomic E-state index is 12.0. The summed E-state index contributed by atoms with van der Waals surface area (Å²) in [6.07, 6.45) is 5.16. The number of carbonyl (C=O) groups is 1. The van der Waals surface area contributed by atoms with Crippen LogP contribution in [0.2, 0.25) is 0 Å². The highest BCUT2D eigenvalue weighted by molar-refractivity contribution is 5.81. The molecule has 0 bridgehead atoms. The van der Waals surface area contributed by atoms with Gasteiger partial charge in [0, 0.05) is 19.0 Å². The first kappa shape index (κ1) is 14.0. The van der Waals surface area contributed by atoms with E-state index in [9.17, 15) is 4.79 Å². The van der Waals surface area contributed by atoms with Crippen LogP contribution in [0, 0.1) is 11.3 Å². The van der Waals surface area contributed by atoms with Gasteiger partial charge in [-0.05, 0) is 26.3 Å². The number of nitrogens with zero attached hydrogens (tertiary/aromatic N) is 2. The van der Waals surface area contributed by atoms with Crippen molar-refractivity contribution < 1.29 is 4.79 Å². The van der Waals surface area contributed by atoms with Crippen LogP contribution >= 0.6 is 0 Å². The second-order valence-electron chi connectivity index (χ2n) is 4.70. The Labute approximate surface area is 104 Å². The Kier molecular flexibility index (Phi) is 5.99. The Hall–Kier alpha value is -1.08. The fourth-order valence-electron chi connectivity index (χ4n) is 2.38. The summed E-state index contributed by atoms with van der Waals surface area (Å²) in [4.78, 5) is 14.1. The van der Waals surface area contributed by atoms with Crippen LogP contribution in [-0.2, 0) is 4.79 Å². The highest BCUT2D eigenvalue weighted by atomic mass is 16.2. The first-order valence-corrected chi connectivity index (χ1v) is 6.60. The SMILES string of the molecule is CCN(CCC#N)C(C)C(=O)NC1CCCC1. The van der Waals surface area contributed by atoms with Gasteiger partial charge in [0.15, 0.2) is 0 Å². The van der Waals surface area contributed by atoms with Crippen LogP contribution in [0.4, 0.5) is 0 Å². The van der Waals surface area contributed by atoms with Crippen LogP contribution in [0.25, 0.3) is 0 Å². The predicted molar refractivity (Wildman–Crippen MR) is 67.3 cm³/mol. The van der Waals surface area contributed by atoms with Crippen molar-refractivity contribution in [2.45, 2.75) is 58.0 Å². The van der Waals surface area contributed by atoms with Crippen molar-refractivity contribution in [2.24, 2.45) is 0 Å². The molecule has 4 nitrogen and oxygen atoms in total. The molecule has 1 amide bonds. The lowest BCUT2D eigenvalue weighted by molar-refractivity contribution is -0.126. The van der Waals surface area contributed by atoms with E-state index in [1.54, 1.807) is 0 Å². The van der Waals surface area contributed by atoms with E-state index in [4.69, 9.17) is 5.26 Å². The van der Waals surface area contributed by atoms with E-state index in [0.717, 1.165) is 19.4 Å². The van der Waals surface area contributed by atoms with Crippen LogP contribution in [0.1, 0.15) is 46.0 Å². The van der Waals surface area contributed by atoms with Crippen LogP contribution in [-0.4, -0.2) is 36.0 Å².